The lowest BCUT2D eigenvalue weighted by atomic mass is 10.1. The van der Waals surface area contributed by atoms with Crippen LogP contribution in [0.25, 0.3) is 22.3 Å². The lowest BCUT2D eigenvalue weighted by Gasteiger charge is -2.34. The van der Waals surface area contributed by atoms with Crippen molar-refractivity contribution >= 4 is 16.7 Å². The first-order valence-electron chi connectivity index (χ1n) is 9.59. The highest BCUT2D eigenvalue weighted by Gasteiger charge is 2.45. The van der Waals surface area contributed by atoms with Gasteiger partial charge >= 0.3 is 0 Å². The molecule has 2 aromatic heterocycles. The third-order valence-electron chi connectivity index (χ3n) is 5.35. The molecular formula is C20H24N6O. The van der Waals surface area contributed by atoms with E-state index in [9.17, 15) is 0 Å². The normalized spacial score (nSPS) is 18.4. The molecule has 2 N–H and O–H groups in total. The summed E-state index contributed by atoms with van der Waals surface area (Å²) >= 11 is 0. The molecule has 1 saturated heterocycles. The molecule has 3 heterocycles. The summed E-state index contributed by atoms with van der Waals surface area (Å²) in [5.74, 6) is 1.81. The molecule has 0 bridgehead atoms. The monoisotopic (exact) mass is 364 g/mol. The van der Waals surface area contributed by atoms with Gasteiger partial charge in [0.25, 0.3) is 0 Å². The Kier molecular flexibility index (Phi) is 3.79. The van der Waals surface area contributed by atoms with Crippen molar-refractivity contribution in [2.24, 2.45) is 0 Å². The highest BCUT2D eigenvalue weighted by atomic mass is 16.5. The maximum atomic E-state index is 5.84. The van der Waals surface area contributed by atoms with Crippen LogP contribution in [0.15, 0.2) is 30.6 Å². The van der Waals surface area contributed by atoms with Gasteiger partial charge < -0.3 is 15.0 Å². The first-order valence-corrected chi connectivity index (χ1v) is 9.59. The molecule has 0 unspecified atom stereocenters. The molecule has 1 aliphatic heterocycles. The molecule has 7 heteroatoms. The topological polar surface area (TPSA) is 79.0 Å². The van der Waals surface area contributed by atoms with Crippen LogP contribution in [0.1, 0.15) is 26.7 Å². The highest BCUT2D eigenvalue weighted by molar-refractivity contribution is 5.93. The number of aromatic amines is 1. The first-order chi connectivity index (χ1) is 13.1. The molecule has 27 heavy (non-hydrogen) atoms. The smallest absolute Gasteiger partial charge is 0.132 e. The zero-order chi connectivity index (χ0) is 18.4. The summed E-state index contributed by atoms with van der Waals surface area (Å²) in [6, 6.07) is 8.04. The lowest BCUT2D eigenvalue weighted by molar-refractivity contribution is 0.243. The van der Waals surface area contributed by atoms with Gasteiger partial charge in [0, 0.05) is 36.6 Å². The van der Waals surface area contributed by atoms with E-state index in [1.165, 1.54) is 12.8 Å². The van der Waals surface area contributed by atoms with Gasteiger partial charge in [-0.25, -0.2) is 9.97 Å². The van der Waals surface area contributed by atoms with Crippen LogP contribution in [-0.2, 0) is 0 Å². The lowest BCUT2D eigenvalue weighted by Crippen LogP contribution is -2.52. The third kappa shape index (κ3) is 3.12. The predicted octanol–water partition coefficient (Wildman–Crippen LogP) is 2.75. The fourth-order valence-electron chi connectivity index (χ4n) is 3.82. The Labute approximate surface area is 158 Å². The molecular weight excluding hydrogens is 340 g/mol. The summed E-state index contributed by atoms with van der Waals surface area (Å²) in [5, 5.41) is 12.3. The fourth-order valence-corrected chi connectivity index (χ4v) is 3.82. The van der Waals surface area contributed by atoms with E-state index >= 15 is 0 Å². The summed E-state index contributed by atoms with van der Waals surface area (Å²) in [6.07, 6.45) is 4.28. The van der Waals surface area contributed by atoms with Crippen LogP contribution in [0.3, 0.4) is 0 Å². The van der Waals surface area contributed by atoms with Gasteiger partial charge in [-0.15, -0.1) is 0 Å². The van der Waals surface area contributed by atoms with Crippen molar-refractivity contribution in [3.05, 3.63) is 30.6 Å². The predicted molar refractivity (Wildman–Crippen MR) is 105 cm³/mol. The molecule has 5 rings (SSSR count). The Morgan fingerprint density at radius 1 is 1.19 bits per heavy atom. The zero-order valence-corrected chi connectivity index (χ0v) is 15.7. The van der Waals surface area contributed by atoms with Crippen molar-refractivity contribution in [2.45, 2.75) is 38.3 Å². The molecule has 2 fully saturated rings. The molecule has 1 aliphatic carbocycles. The molecule has 0 atom stereocenters. The van der Waals surface area contributed by atoms with Gasteiger partial charge in [0.1, 0.15) is 23.6 Å². The van der Waals surface area contributed by atoms with Crippen LogP contribution in [0.4, 0.5) is 5.82 Å². The summed E-state index contributed by atoms with van der Waals surface area (Å²) in [7, 11) is 0. The number of fused-ring (bicyclic) bond motifs is 1. The van der Waals surface area contributed by atoms with Crippen molar-refractivity contribution in [3.8, 4) is 17.1 Å². The Morgan fingerprint density at radius 3 is 2.89 bits per heavy atom. The summed E-state index contributed by atoms with van der Waals surface area (Å²) in [5.41, 5.74) is 2.95. The van der Waals surface area contributed by atoms with Crippen LogP contribution >= 0.6 is 0 Å². The van der Waals surface area contributed by atoms with E-state index in [0.717, 1.165) is 53.5 Å². The number of anilines is 1. The Hall–Kier alpha value is -2.67. The number of hydrogen-bond acceptors (Lipinski definition) is 6. The number of ether oxygens (including phenoxy) is 1. The minimum Gasteiger partial charge on any atom is -0.491 e. The van der Waals surface area contributed by atoms with E-state index in [2.05, 4.69) is 30.4 Å². The zero-order valence-electron chi connectivity index (χ0n) is 15.7. The molecule has 0 radical (unpaired) electrons. The maximum Gasteiger partial charge on any atom is 0.132 e. The van der Waals surface area contributed by atoms with Crippen molar-refractivity contribution < 1.29 is 4.74 Å². The van der Waals surface area contributed by atoms with Crippen LogP contribution in [0.5, 0.6) is 5.75 Å². The van der Waals surface area contributed by atoms with Crippen molar-refractivity contribution in [1.82, 2.24) is 25.5 Å². The van der Waals surface area contributed by atoms with Gasteiger partial charge in [0.05, 0.1) is 17.3 Å². The molecule has 2 aliphatic rings. The molecule has 1 spiro atoms. The standard InChI is InChI=1S/C20H24N6O/c1-13(2)27-14-3-4-16-15(9-14)19(25-24-16)17-10-18(22-12-21-17)26-8-7-23-20(11-26)5-6-20/h3-4,9-10,12-13,23H,5-8,11H2,1-2H3,(H,24,25). The number of nitrogens with one attached hydrogen (secondary N) is 2. The van der Waals surface area contributed by atoms with Crippen LogP contribution < -0.4 is 15.0 Å². The van der Waals surface area contributed by atoms with E-state index in [1.54, 1.807) is 6.33 Å². The number of H-pyrrole nitrogens is 1. The number of rotatable bonds is 4. The number of benzene rings is 1. The van der Waals surface area contributed by atoms with Gasteiger partial charge in [-0.05, 0) is 44.9 Å². The third-order valence-corrected chi connectivity index (χ3v) is 5.35. The minimum absolute atomic E-state index is 0.130. The van der Waals surface area contributed by atoms with Crippen LogP contribution in [0, 0.1) is 0 Å². The van der Waals surface area contributed by atoms with Crippen LogP contribution in [0.2, 0.25) is 0 Å². The van der Waals surface area contributed by atoms with Gasteiger partial charge in [-0.2, -0.15) is 5.10 Å². The fraction of sp³-hybridized carbons (Fsp3) is 0.450. The van der Waals surface area contributed by atoms with Gasteiger partial charge in [0.2, 0.25) is 0 Å². The second-order valence-electron chi connectivity index (χ2n) is 7.84. The van der Waals surface area contributed by atoms with E-state index in [1.807, 2.05) is 38.1 Å². The van der Waals surface area contributed by atoms with Crippen molar-refractivity contribution in [2.75, 3.05) is 24.5 Å². The van der Waals surface area contributed by atoms with Crippen LogP contribution in [-0.4, -0.2) is 51.4 Å². The summed E-state index contributed by atoms with van der Waals surface area (Å²) < 4.78 is 5.84. The number of hydrogen-bond donors (Lipinski definition) is 2. The van der Waals surface area contributed by atoms with E-state index in [0.29, 0.717) is 5.54 Å². The van der Waals surface area contributed by atoms with Crippen molar-refractivity contribution in [3.63, 3.8) is 0 Å². The van der Waals surface area contributed by atoms with E-state index < -0.39 is 0 Å². The maximum absolute atomic E-state index is 5.84. The second-order valence-corrected chi connectivity index (χ2v) is 7.84. The second kappa shape index (κ2) is 6.20. The van der Waals surface area contributed by atoms with Gasteiger partial charge in [-0.3, -0.25) is 5.10 Å². The molecule has 140 valence electrons. The number of piperazine rings is 1. The Bertz CT molecular complexity index is 978. The van der Waals surface area contributed by atoms with Gasteiger partial charge in [-0.1, -0.05) is 0 Å². The average molecular weight is 364 g/mol. The summed E-state index contributed by atoms with van der Waals surface area (Å²) in [4.78, 5) is 11.4. The molecule has 7 nitrogen and oxygen atoms in total. The summed E-state index contributed by atoms with van der Waals surface area (Å²) in [6.45, 7) is 7.03. The Balaban J connectivity index is 1.49. The van der Waals surface area contributed by atoms with E-state index in [-0.39, 0.29) is 6.10 Å². The highest BCUT2D eigenvalue weighted by Crippen LogP contribution is 2.38. The number of nitrogens with zero attached hydrogens (tertiary/aromatic N) is 4. The Morgan fingerprint density at radius 2 is 2.07 bits per heavy atom. The molecule has 0 amide bonds. The SMILES string of the molecule is CC(C)Oc1ccc2[nH]nc(-c3cc(N4CCNC5(CC5)C4)ncn3)c2c1. The quantitative estimate of drug-likeness (QED) is 0.741. The minimum atomic E-state index is 0.130. The largest absolute Gasteiger partial charge is 0.491 e. The van der Waals surface area contributed by atoms with Gasteiger partial charge in [0.15, 0.2) is 0 Å². The average Bonchev–Trinajstić information content (AvgIpc) is 3.27. The first kappa shape index (κ1) is 16.5. The molecule has 1 aromatic carbocycles. The van der Waals surface area contributed by atoms with Crippen molar-refractivity contribution in [1.29, 1.82) is 0 Å². The molecule has 1 saturated carbocycles. The van der Waals surface area contributed by atoms with E-state index in [4.69, 9.17) is 4.74 Å². The molecule has 3 aromatic rings. The number of aromatic nitrogens is 4.